The summed E-state index contributed by atoms with van der Waals surface area (Å²) in [4.78, 5) is 12.9. The second-order valence-electron chi connectivity index (χ2n) is 10.7. The largest absolute Gasteiger partial charge is 0.497 e. The average molecular weight is 473 g/mol. The van der Waals surface area contributed by atoms with E-state index < -0.39 is 0 Å². The predicted molar refractivity (Wildman–Crippen MR) is 131 cm³/mol. The summed E-state index contributed by atoms with van der Waals surface area (Å²) < 4.78 is 29.8. The highest BCUT2D eigenvalue weighted by molar-refractivity contribution is 5.87. The number of methoxy groups -OCH3 is 2. The molecule has 1 saturated carbocycles. The van der Waals surface area contributed by atoms with E-state index in [0.717, 1.165) is 43.6 Å². The fourth-order valence-corrected chi connectivity index (χ4v) is 5.92. The quantitative estimate of drug-likeness (QED) is 0.270. The van der Waals surface area contributed by atoms with Gasteiger partial charge in [0.1, 0.15) is 29.2 Å². The number of esters is 1. The third-order valence-corrected chi connectivity index (χ3v) is 7.99. The van der Waals surface area contributed by atoms with Crippen molar-refractivity contribution in [1.29, 1.82) is 0 Å². The molecule has 188 valence electrons. The standard InChI is InChI=1S/C28H40O6/c1-7-20-16-28(17-32-28)26(27(4)22(34-27)14-8-18(2)3)25(31-6)24(20)33-23(29)15-11-19-9-12-21(30-5)13-10-19/h9-13,15,18,20,22,24-26H,7-8,14,16-17H2,1-6H3/t20?,22-,24?,25?,26?,27+,28?/m0/s1. The zero-order chi connectivity index (χ0) is 24.5. The van der Waals surface area contributed by atoms with Gasteiger partial charge < -0.3 is 23.7 Å². The molecule has 0 amide bonds. The van der Waals surface area contributed by atoms with Gasteiger partial charge in [-0.2, -0.15) is 0 Å². The van der Waals surface area contributed by atoms with Crippen LogP contribution >= 0.6 is 0 Å². The van der Waals surface area contributed by atoms with E-state index in [-0.39, 0.29) is 47.3 Å². The SMILES string of the molecule is CCC1CC2(CO2)C([C@]2(C)O[C@H]2CCC(C)C)C(OC)C1OC(=O)C=Cc1ccc(OC)cc1. The Labute approximate surface area is 203 Å². The molecule has 3 aliphatic rings. The number of benzene rings is 1. The minimum Gasteiger partial charge on any atom is -0.497 e. The van der Waals surface area contributed by atoms with Crippen molar-refractivity contribution in [2.24, 2.45) is 17.8 Å². The first-order valence-electron chi connectivity index (χ1n) is 12.6. The summed E-state index contributed by atoms with van der Waals surface area (Å²) >= 11 is 0. The Balaban J connectivity index is 1.49. The van der Waals surface area contributed by atoms with Gasteiger partial charge in [0, 0.05) is 19.1 Å². The Kier molecular flexibility index (Phi) is 7.41. The van der Waals surface area contributed by atoms with Crippen LogP contribution in [0.15, 0.2) is 30.3 Å². The molecule has 3 fully saturated rings. The lowest BCUT2D eigenvalue weighted by molar-refractivity contribution is -0.178. The fraction of sp³-hybridized carbons (Fsp3) is 0.679. The maximum Gasteiger partial charge on any atom is 0.331 e. The molecule has 0 aromatic heterocycles. The van der Waals surface area contributed by atoms with Crippen LogP contribution in [0.3, 0.4) is 0 Å². The molecule has 1 aromatic carbocycles. The highest BCUT2D eigenvalue weighted by Crippen LogP contribution is 2.61. The van der Waals surface area contributed by atoms with Gasteiger partial charge in [0.25, 0.3) is 0 Å². The van der Waals surface area contributed by atoms with E-state index in [1.807, 2.05) is 24.3 Å². The normalized spacial score (nSPS) is 36.7. The first-order valence-corrected chi connectivity index (χ1v) is 12.6. The van der Waals surface area contributed by atoms with Crippen LogP contribution < -0.4 is 4.74 Å². The second-order valence-corrected chi connectivity index (χ2v) is 10.7. The summed E-state index contributed by atoms with van der Waals surface area (Å²) in [7, 11) is 3.35. The van der Waals surface area contributed by atoms with Gasteiger partial charge in [-0.15, -0.1) is 0 Å². The summed E-state index contributed by atoms with van der Waals surface area (Å²) in [5.41, 5.74) is 0.366. The van der Waals surface area contributed by atoms with Crippen LogP contribution in [0.5, 0.6) is 5.75 Å². The van der Waals surface area contributed by atoms with Crippen molar-refractivity contribution in [2.45, 2.75) is 82.9 Å². The summed E-state index contributed by atoms with van der Waals surface area (Å²) in [6.45, 7) is 9.53. The molecule has 0 N–H and O–H groups in total. The van der Waals surface area contributed by atoms with Gasteiger partial charge in [-0.25, -0.2) is 4.79 Å². The van der Waals surface area contributed by atoms with Crippen molar-refractivity contribution in [2.75, 3.05) is 20.8 Å². The Morgan fingerprint density at radius 1 is 1.21 bits per heavy atom. The zero-order valence-corrected chi connectivity index (χ0v) is 21.4. The smallest absolute Gasteiger partial charge is 0.331 e. The van der Waals surface area contributed by atoms with E-state index in [1.165, 1.54) is 6.08 Å². The molecule has 6 nitrogen and oxygen atoms in total. The topological polar surface area (TPSA) is 69.8 Å². The van der Waals surface area contributed by atoms with Crippen LogP contribution in [-0.2, 0) is 23.7 Å². The molecule has 4 rings (SSSR count). The number of hydrogen-bond donors (Lipinski definition) is 0. The van der Waals surface area contributed by atoms with Gasteiger partial charge in [0.2, 0.25) is 0 Å². The fourth-order valence-electron chi connectivity index (χ4n) is 5.92. The van der Waals surface area contributed by atoms with Crippen molar-refractivity contribution in [1.82, 2.24) is 0 Å². The Bertz CT molecular complexity index is 873. The molecule has 6 heteroatoms. The highest BCUT2D eigenvalue weighted by atomic mass is 16.6. The zero-order valence-electron chi connectivity index (χ0n) is 21.4. The molecule has 0 radical (unpaired) electrons. The van der Waals surface area contributed by atoms with Crippen LogP contribution in [-0.4, -0.2) is 56.3 Å². The summed E-state index contributed by atoms with van der Waals surface area (Å²) in [5, 5.41) is 0. The molecule has 1 aromatic rings. The van der Waals surface area contributed by atoms with E-state index in [2.05, 4.69) is 27.7 Å². The Morgan fingerprint density at radius 2 is 1.91 bits per heavy atom. The van der Waals surface area contributed by atoms with Crippen molar-refractivity contribution in [3.05, 3.63) is 35.9 Å². The molecule has 34 heavy (non-hydrogen) atoms. The van der Waals surface area contributed by atoms with Crippen molar-refractivity contribution in [3.8, 4) is 5.75 Å². The summed E-state index contributed by atoms with van der Waals surface area (Å²) in [6, 6.07) is 7.55. The van der Waals surface area contributed by atoms with Gasteiger partial charge >= 0.3 is 5.97 Å². The van der Waals surface area contributed by atoms with Crippen LogP contribution in [0, 0.1) is 17.8 Å². The van der Waals surface area contributed by atoms with Crippen LogP contribution in [0.25, 0.3) is 6.08 Å². The van der Waals surface area contributed by atoms with Crippen LogP contribution in [0.1, 0.15) is 58.9 Å². The number of epoxide rings is 2. The second kappa shape index (κ2) is 10.00. The Hall–Kier alpha value is -1.89. The summed E-state index contributed by atoms with van der Waals surface area (Å²) in [5.74, 6) is 1.28. The van der Waals surface area contributed by atoms with E-state index in [9.17, 15) is 4.79 Å². The van der Waals surface area contributed by atoms with Crippen molar-refractivity contribution >= 4 is 12.0 Å². The van der Waals surface area contributed by atoms with Gasteiger partial charge in [-0.1, -0.05) is 32.9 Å². The molecular formula is C28H40O6. The molecular weight excluding hydrogens is 432 g/mol. The minimum atomic E-state index is -0.356. The van der Waals surface area contributed by atoms with Crippen LogP contribution in [0.2, 0.25) is 0 Å². The number of carbonyl (C=O) groups excluding carboxylic acids is 1. The maximum atomic E-state index is 12.9. The molecule has 2 heterocycles. The molecule has 1 aliphatic carbocycles. The lowest BCUT2D eigenvalue weighted by atomic mass is 9.64. The first-order chi connectivity index (χ1) is 16.3. The molecule has 2 aliphatic heterocycles. The molecule has 5 unspecified atom stereocenters. The number of rotatable bonds is 10. The molecule has 2 saturated heterocycles. The van der Waals surface area contributed by atoms with E-state index in [1.54, 1.807) is 20.3 Å². The first kappa shape index (κ1) is 25.2. The van der Waals surface area contributed by atoms with Crippen molar-refractivity contribution < 1.29 is 28.5 Å². The highest BCUT2D eigenvalue weighted by Gasteiger charge is 2.73. The lowest BCUT2D eigenvalue weighted by Gasteiger charge is -2.46. The number of carbonyl (C=O) groups is 1. The monoisotopic (exact) mass is 472 g/mol. The molecule has 0 bridgehead atoms. The lowest BCUT2D eigenvalue weighted by Crippen LogP contribution is -2.59. The van der Waals surface area contributed by atoms with Gasteiger partial charge in [-0.05, 0) is 62.3 Å². The van der Waals surface area contributed by atoms with Crippen LogP contribution in [0.4, 0.5) is 0 Å². The predicted octanol–water partition coefficient (Wildman–Crippen LogP) is 5.04. The third-order valence-electron chi connectivity index (χ3n) is 7.99. The maximum absolute atomic E-state index is 12.9. The third kappa shape index (κ3) is 5.05. The summed E-state index contributed by atoms with van der Waals surface area (Å²) in [6.07, 6.45) is 6.77. The minimum absolute atomic E-state index is 0.0355. The van der Waals surface area contributed by atoms with Gasteiger partial charge in [0.15, 0.2) is 0 Å². The van der Waals surface area contributed by atoms with Gasteiger partial charge in [-0.3, -0.25) is 0 Å². The van der Waals surface area contributed by atoms with Crippen molar-refractivity contribution in [3.63, 3.8) is 0 Å². The van der Waals surface area contributed by atoms with E-state index in [4.69, 9.17) is 23.7 Å². The number of hydrogen-bond acceptors (Lipinski definition) is 6. The van der Waals surface area contributed by atoms with E-state index in [0.29, 0.717) is 5.92 Å². The van der Waals surface area contributed by atoms with E-state index >= 15 is 0 Å². The average Bonchev–Trinajstić information content (AvgIpc) is 3.74. The van der Waals surface area contributed by atoms with Gasteiger partial charge in [0.05, 0.1) is 25.7 Å². The molecule has 1 spiro atoms. The molecule has 7 atom stereocenters. The Morgan fingerprint density at radius 3 is 2.47 bits per heavy atom. The number of ether oxygens (including phenoxy) is 5.